The molecular weight excluding hydrogens is 430 g/mol. The van der Waals surface area contributed by atoms with Gasteiger partial charge in [-0.2, -0.15) is 18.4 Å². The Kier molecular flexibility index (Phi) is 7.00. The Morgan fingerprint density at radius 1 is 1.22 bits per heavy atom. The number of nitrogens with one attached hydrogen (secondary N) is 4. The van der Waals surface area contributed by atoms with Gasteiger partial charge in [0.2, 0.25) is 0 Å². The van der Waals surface area contributed by atoms with E-state index in [1.807, 2.05) is 6.07 Å². The second-order valence-electron chi connectivity index (χ2n) is 6.97. The Balaban J connectivity index is 0.000000668. The summed E-state index contributed by atoms with van der Waals surface area (Å²) >= 11 is 0. The molecule has 0 spiro atoms. The fraction of sp³-hybridized carbons (Fsp3) is 0.286. The number of hydrogen-bond donors (Lipinski definition) is 4. The van der Waals surface area contributed by atoms with Crippen molar-refractivity contribution in [2.24, 2.45) is 5.92 Å². The number of halogens is 4. The van der Waals surface area contributed by atoms with E-state index in [1.165, 1.54) is 24.4 Å². The number of carbonyl (C=O) groups is 2. The van der Waals surface area contributed by atoms with E-state index in [2.05, 4.69) is 32.8 Å². The normalized spacial score (nSPS) is 16.2. The molecular formula is C21H17F4N5O2. The monoisotopic (exact) mass is 447 g/mol. The lowest BCUT2D eigenvalue weighted by Crippen LogP contribution is -2.37. The molecule has 1 aromatic carbocycles. The molecule has 1 unspecified atom stereocenters. The average Bonchev–Trinajstić information content (AvgIpc) is 3.44. The summed E-state index contributed by atoms with van der Waals surface area (Å²) in [4.78, 5) is 26.7. The first-order chi connectivity index (χ1) is 15.3. The SMILES string of the molecule is FC(F)F.N#Cc1c[nH]c(C(=O)NCc2cc3c(cc2F)C(C#CC2CC2)NC(=O)N3)c1. The summed E-state index contributed by atoms with van der Waals surface area (Å²) in [6.45, 7) is -3.74. The fourth-order valence-electron chi connectivity index (χ4n) is 2.89. The molecule has 7 nitrogen and oxygen atoms in total. The number of hydrogen-bond acceptors (Lipinski definition) is 3. The maximum absolute atomic E-state index is 14.6. The zero-order chi connectivity index (χ0) is 23.3. The number of H-pyrrole nitrogens is 1. The molecule has 166 valence electrons. The Labute approximate surface area is 180 Å². The predicted octanol–water partition coefficient (Wildman–Crippen LogP) is 3.72. The molecule has 1 atom stereocenters. The maximum Gasteiger partial charge on any atom is 0.379 e. The van der Waals surface area contributed by atoms with Crippen LogP contribution >= 0.6 is 0 Å². The summed E-state index contributed by atoms with van der Waals surface area (Å²) in [7, 11) is 0. The van der Waals surface area contributed by atoms with Gasteiger partial charge in [0, 0.05) is 35.5 Å². The van der Waals surface area contributed by atoms with Gasteiger partial charge in [0.1, 0.15) is 23.6 Å². The number of aromatic nitrogens is 1. The topological polar surface area (TPSA) is 110 Å². The molecule has 1 aliphatic heterocycles. The number of rotatable bonds is 3. The Morgan fingerprint density at radius 3 is 2.56 bits per heavy atom. The van der Waals surface area contributed by atoms with Crippen LogP contribution in [0, 0.1) is 34.9 Å². The van der Waals surface area contributed by atoms with Gasteiger partial charge in [-0.1, -0.05) is 11.8 Å². The maximum atomic E-state index is 14.6. The summed E-state index contributed by atoms with van der Waals surface area (Å²) < 4.78 is 43.6. The number of benzene rings is 1. The second-order valence-corrected chi connectivity index (χ2v) is 6.97. The van der Waals surface area contributed by atoms with Gasteiger partial charge in [0.05, 0.1) is 5.56 Å². The largest absolute Gasteiger partial charge is 0.379 e. The van der Waals surface area contributed by atoms with Crippen LogP contribution in [0.15, 0.2) is 24.4 Å². The number of amides is 3. The van der Waals surface area contributed by atoms with Gasteiger partial charge in [0.25, 0.3) is 5.91 Å². The minimum absolute atomic E-state index is 0.0689. The van der Waals surface area contributed by atoms with Crippen molar-refractivity contribution in [1.82, 2.24) is 15.6 Å². The Bertz CT molecular complexity index is 1120. The van der Waals surface area contributed by atoms with Crippen molar-refractivity contribution in [3.8, 4) is 17.9 Å². The third-order valence-electron chi connectivity index (χ3n) is 4.56. The summed E-state index contributed by atoms with van der Waals surface area (Å²) in [6, 6.07) is 5.20. The highest BCUT2D eigenvalue weighted by atomic mass is 19.4. The lowest BCUT2D eigenvalue weighted by atomic mass is 9.99. The number of carbonyl (C=O) groups excluding carboxylic acids is 2. The van der Waals surface area contributed by atoms with Gasteiger partial charge >= 0.3 is 12.7 Å². The lowest BCUT2D eigenvalue weighted by molar-refractivity contribution is 0.00818. The third-order valence-corrected chi connectivity index (χ3v) is 4.56. The van der Waals surface area contributed by atoms with E-state index in [1.54, 1.807) is 0 Å². The van der Waals surface area contributed by atoms with Crippen LogP contribution in [0.2, 0.25) is 0 Å². The molecule has 3 amide bonds. The van der Waals surface area contributed by atoms with E-state index >= 15 is 0 Å². The molecule has 32 heavy (non-hydrogen) atoms. The van der Waals surface area contributed by atoms with Crippen molar-refractivity contribution < 1.29 is 27.2 Å². The van der Waals surface area contributed by atoms with Gasteiger partial charge in [-0.05, 0) is 31.0 Å². The summed E-state index contributed by atoms with van der Waals surface area (Å²) in [5.41, 5.74) is 1.80. The average molecular weight is 447 g/mol. The van der Waals surface area contributed by atoms with Gasteiger partial charge in [0.15, 0.2) is 0 Å². The number of fused-ring (bicyclic) bond motifs is 1. The number of nitrogens with zero attached hydrogens (tertiary/aromatic N) is 1. The van der Waals surface area contributed by atoms with E-state index in [4.69, 9.17) is 5.26 Å². The molecule has 2 heterocycles. The van der Waals surface area contributed by atoms with Crippen molar-refractivity contribution in [2.75, 3.05) is 5.32 Å². The van der Waals surface area contributed by atoms with Crippen LogP contribution in [0.4, 0.5) is 28.0 Å². The van der Waals surface area contributed by atoms with Gasteiger partial charge in [-0.15, -0.1) is 0 Å². The van der Waals surface area contributed by atoms with Crippen LogP contribution in [0.3, 0.4) is 0 Å². The summed E-state index contributed by atoms with van der Waals surface area (Å²) in [5, 5.41) is 16.7. The standard InChI is InChI=1S/C20H16FN5O2.CHF3/c21-15-7-14-16(4-3-11-1-2-11)25-20(28)26-17(14)6-13(15)10-24-19(27)18-5-12(8-22)9-23-18;2-1(3)4/h5-7,9,11,16,23H,1-2,10H2,(H,24,27)(H2,25,26,28);1H. The van der Waals surface area contributed by atoms with E-state index < -0.39 is 30.5 Å². The smallest absolute Gasteiger partial charge is 0.356 e. The first-order valence-electron chi connectivity index (χ1n) is 9.46. The zero-order valence-corrected chi connectivity index (χ0v) is 16.4. The van der Waals surface area contributed by atoms with E-state index in [0.29, 0.717) is 22.7 Å². The van der Waals surface area contributed by atoms with Crippen LogP contribution in [-0.4, -0.2) is 23.6 Å². The molecule has 2 aromatic rings. The van der Waals surface area contributed by atoms with Gasteiger partial charge in [-0.25, -0.2) is 9.18 Å². The molecule has 1 saturated carbocycles. The lowest BCUT2D eigenvalue weighted by Gasteiger charge is -2.24. The van der Waals surface area contributed by atoms with Crippen LogP contribution in [-0.2, 0) is 6.54 Å². The molecule has 4 rings (SSSR count). The summed E-state index contributed by atoms with van der Waals surface area (Å²) in [5.74, 6) is 5.50. The minimum atomic E-state index is -3.67. The van der Waals surface area contributed by atoms with E-state index in [0.717, 1.165) is 12.8 Å². The van der Waals surface area contributed by atoms with Gasteiger partial charge < -0.3 is 20.9 Å². The first-order valence-corrected chi connectivity index (χ1v) is 9.46. The number of nitriles is 1. The van der Waals surface area contributed by atoms with Crippen molar-refractivity contribution in [3.05, 3.63) is 52.6 Å². The third kappa shape index (κ3) is 6.01. The Morgan fingerprint density at radius 2 is 1.94 bits per heavy atom. The highest BCUT2D eigenvalue weighted by molar-refractivity contribution is 5.94. The molecule has 4 N–H and O–H groups in total. The number of anilines is 1. The molecule has 1 aliphatic carbocycles. The van der Waals surface area contributed by atoms with E-state index in [9.17, 15) is 27.2 Å². The summed E-state index contributed by atoms with van der Waals surface area (Å²) in [6.07, 6.45) is 3.53. The van der Waals surface area contributed by atoms with Crippen LogP contribution in [0.5, 0.6) is 0 Å². The quantitative estimate of drug-likeness (QED) is 0.425. The molecule has 11 heteroatoms. The molecule has 0 radical (unpaired) electrons. The molecule has 1 fully saturated rings. The molecule has 1 aromatic heterocycles. The van der Waals surface area contributed by atoms with Crippen LogP contribution in [0.25, 0.3) is 0 Å². The van der Waals surface area contributed by atoms with Crippen molar-refractivity contribution in [3.63, 3.8) is 0 Å². The minimum Gasteiger partial charge on any atom is -0.356 e. The molecule has 0 saturated heterocycles. The molecule has 2 aliphatic rings. The molecule has 0 bridgehead atoms. The van der Waals surface area contributed by atoms with Gasteiger partial charge in [-0.3, -0.25) is 4.79 Å². The second kappa shape index (κ2) is 9.88. The van der Waals surface area contributed by atoms with E-state index in [-0.39, 0.29) is 17.8 Å². The number of urea groups is 1. The van der Waals surface area contributed by atoms with Crippen molar-refractivity contribution in [1.29, 1.82) is 5.26 Å². The van der Waals surface area contributed by atoms with Crippen LogP contribution < -0.4 is 16.0 Å². The number of aromatic amines is 1. The van der Waals surface area contributed by atoms with Crippen molar-refractivity contribution >= 4 is 17.6 Å². The van der Waals surface area contributed by atoms with Crippen molar-refractivity contribution in [2.45, 2.75) is 32.1 Å². The zero-order valence-electron chi connectivity index (χ0n) is 16.4. The Hall–Kier alpha value is -3.99. The van der Waals surface area contributed by atoms with Crippen LogP contribution in [0.1, 0.15) is 46.1 Å². The highest BCUT2D eigenvalue weighted by Crippen LogP contribution is 2.31. The highest BCUT2D eigenvalue weighted by Gasteiger charge is 2.26. The fourth-order valence-corrected chi connectivity index (χ4v) is 2.89. The number of alkyl halides is 3. The first kappa shape index (κ1) is 22.7. The predicted molar refractivity (Wildman–Crippen MR) is 106 cm³/mol.